The van der Waals surface area contributed by atoms with E-state index in [0.29, 0.717) is 13.0 Å². The average molecular weight is 378 g/mol. The van der Waals surface area contributed by atoms with Gasteiger partial charge in [0, 0.05) is 18.3 Å². The van der Waals surface area contributed by atoms with Crippen LogP contribution in [0, 0.1) is 0 Å². The predicted octanol–water partition coefficient (Wildman–Crippen LogP) is 4.15. The Morgan fingerprint density at radius 1 is 1.26 bits per heavy atom. The first kappa shape index (κ1) is 16.7. The smallest absolute Gasteiger partial charge is 0.223 e. The molecule has 1 spiro atoms. The Morgan fingerprint density at radius 2 is 2.00 bits per heavy atom. The molecule has 4 heteroatoms. The largest absolute Gasteiger partial charge is 0.332 e. The number of amides is 1. The summed E-state index contributed by atoms with van der Waals surface area (Å²) in [5.41, 5.74) is 2.17. The first-order chi connectivity index (χ1) is 11.2. The molecule has 0 N–H and O–H groups in total. The van der Waals surface area contributed by atoms with E-state index in [0.717, 1.165) is 49.3 Å². The van der Waals surface area contributed by atoms with E-state index in [9.17, 15) is 9.59 Å². The second-order valence-corrected chi connectivity index (χ2v) is 7.51. The molecule has 1 unspecified atom stereocenters. The standard InChI is InChI=1S/C19H24BrNO2/c20-12-6-9-18(23)21-13-15(14-22)16-7-2-3-8-17(16)19(21)10-4-1-5-11-19/h2-3,7-8,14-15H,1,4-6,9-13H2. The van der Waals surface area contributed by atoms with Crippen LogP contribution in [0.2, 0.25) is 0 Å². The van der Waals surface area contributed by atoms with Gasteiger partial charge in [0.25, 0.3) is 0 Å². The van der Waals surface area contributed by atoms with Gasteiger partial charge >= 0.3 is 0 Å². The van der Waals surface area contributed by atoms with Gasteiger partial charge in [0.1, 0.15) is 6.29 Å². The van der Waals surface area contributed by atoms with Crippen LogP contribution in [0.15, 0.2) is 24.3 Å². The van der Waals surface area contributed by atoms with Gasteiger partial charge in [0.05, 0.1) is 11.5 Å². The van der Waals surface area contributed by atoms with Crippen LogP contribution in [-0.2, 0) is 15.1 Å². The number of alkyl halides is 1. The Hall–Kier alpha value is -1.16. The third-order valence-electron chi connectivity index (χ3n) is 5.43. The van der Waals surface area contributed by atoms with Gasteiger partial charge in [-0.2, -0.15) is 0 Å². The van der Waals surface area contributed by atoms with Crippen molar-refractivity contribution in [2.75, 3.05) is 11.9 Å². The minimum Gasteiger partial charge on any atom is -0.332 e. The van der Waals surface area contributed by atoms with Crippen molar-refractivity contribution in [2.24, 2.45) is 0 Å². The Balaban J connectivity index is 2.04. The topological polar surface area (TPSA) is 37.4 Å². The van der Waals surface area contributed by atoms with Gasteiger partial charge in [-0.05, 0) is 30.4 Å². The van der Waals surface area contributed by atoms with Gasteiger partial charge in [-0.15, -0.1) is 0 Å². The van der Waals surface area contributed by atoms with Crippen molar-refractivity contribution in [3.63, 3.8) is 0 Å². The maximum absolute atomic E-state index is 12.9. The lowest BCUT2D eigenvalue weighted by Gasteiger charge is -2.52. The molecule has 3 nitrogen and oxygen atoms in total. The minimum absolute atomic E-state index is 0.183. The van der Waals surface area contributed by atoms with E-state index in [4.69, 9.17) is 0 Å². The van der Waals surface area contributed by atoms with Crippen molar-refractivity contribution in [1.82, 2.24) is 4.90 Å². The van der Waals surface area contributed by atoms with Gasteiger partial charge in [0.15, 0.2) is 0 Å². The number of halogens is 1. The van der Waals surface area contributed by atoms with Crippen LogP contribution in [-0.4, -0.2) is 29.0 Å². The van der Waals surface area contributed by atoms with Crippen LogP contribution in [0.3, 0.4) is 0 Å². The molecule has 0 radical (unpaired) electrons. The fourth-order valence-electron chi connectivity index (χ4n) is 4.35. The third-order valence-corrected chi connectivity index (χ3v) is 5.99. The highest BCUT2D eigenvalue weighted by molar-refractivity contribution is 9.09. The van der Waals surface area contributed by atoms with Crippen LogP contribution in [0.25, 0.3) is 0 Å². The quantitative estimate of drug-likeness (QED) is 0.583. The zero-order valence-corrected chi connectivity index (χ0v) is 15.1. The molecule has 1 aromatic rings. The van der Waals surface area contributed by atoms with E-state index in [-0.39, 0.29) is 17.4 Å². The van der Waals surface area contributed by atoms with Crippen molar-refractivity contribution in [1.29, 1.82) is 0 Å². The van der Waals surface area contributed by atoms with Crippen LogP contribution in [0.1, 0.15) is 62.0 Å². The summed E-state index contributed by atoms with van der Waals surface area (Å²) in [5.74, 6) is 0.0133. The molecule has 1 aliphatic heterocycles. The summed E-state index contributed by atoms with van der Waals surface area (Å²) < 4.78 is 0. The van der Waals surface area contributed by atoms with Gasteiger partial charge in [0.2, 0.25) is 5.91 Å². The zero-order valence-electron chi connectivity index (χ0n) is 13.5. The van der Waals surface area contributed by atoms with Crippen molar-refractivity contribution in [3.8, 4) is 0 Å². The van der Waals surface area contributed by atoms with Crippen LogP contribution in [0.5, 0.6) is 0 Å². The maximum Gasteiger partial charge on any atom is 0.223 e. The highest BCUT2D eigenvalue weighted by Crippen LogP contribution is 2.48. The number of rotatable bonds is 4. The molecule has 1 amide bonds. The van der Waals surface area contributed by atoms with E-state index in [1.165, 1.54) is 12.0 Å². The second-order valence-electron chi connectivity index (χ2n) is 6.72. The number of hydrogen-bond donors (Lipinski definition) is 0. The first-order valence-corrected chi connectivity index (χ1v) is 9.76. The van der Waals surface area contributed by atoms with Crippen molar-refractivity contribution >= 4 is 28.1 Å². The Labute approximate surface area is 146 Å². The second kappa shape index (κ2) is 7.16. The van der Waals surface area contributed by atoms with E-state index in [2.05, 4.69) is 33.0 Å². The summed E-state index contributed by atoms with van der Waals surface area (Å²) in [7, 11) is 0. The van der Waals surface area contributed by atoms with Crippen molar-refractivity contribution in [2.45, 2.75) is 56.4 Å². The van der Waals surface area contributed by atoms with Crippen molar-refractivity contribution in [3.05, 3.63) is 35.4 Å². The van der Waals surface area contributed by atoms with Crippen molar-refractivity contribution < 1.29 is 9.59 Å². The number of benzene rings is 1. The predicted molar refractivity (Wildman–Crippen MR) is 94.8 cm³/mol. The third kappa shape index (κ3) is 2.98. The molecule has 1 aromatic carbocycles. The Morgan fingerprint density at radius 3 is 2.70 bits per heavy atom. The molecule has 2 aliphatic rings. The summed E-state index contributed by atoms with van der Waals surface area (Å²) in [6.45, 7) is 0.543. The molecular weight excluding hydrogens is 354 g/mol. The lowest BCUT2D eigenvalue weighted by molar-refractivity contribution is -0.141. The minimum atomic E-state index is -0.188. The van der Waals surface area contributed by atoms with E-state index in [1.54, 1.807) is 0 Å². The summed E-state index contributed by atoms with van der Waals surface area (Å²) >= 11 is 3.41. The SMILES string of the molecule is O=CC1CN(C(=O)CCCBr)C2(CCCCC2)c2ccccc21. The molecule has 1 aliphatic carbocycles. The highest BCUT2D eigenvalue weighted by atomic mass is 79.9. The molecule has 0 bridgehead atoms. The molecule has 1 heterocycles. The number of carbonyl (C=O) groups is 2. The highest BCUT2D eigenvalue weighted by Gasteiger charge is 2.47. The molecule has 3 rings (SSSR count). The lowest BCUT2D eigenvalue weighted by Crippen LogP contribution is -2.55. The molecule has 0 aromatic heterocycles. The lowest BCUT2D eigenvalue weighted by atomic mass is 9.69. The zero-order chi connectivity index (χ0) is 16.3. The van der Waals surface area contributed by atoms with E-state index in [1.807, 2.05) is 12.1 Å². The molecule has 1 atom stereocenters. The summed E-state index contributed by atoms with van der Waals surface area (Å²) in [4.78, 5) is 26.6. The number of nitrogens with zero attached hydrogens (tertiary/aromatic N) is 1. The van der Waals surface area contributed by atoms with Crippen LogP contribution >= 0.6 is 15.9 Å². The van der Waals surface area contributed by atoms with Crippen LogP contribution in [0.4, 0.5) is 0 Å². The van der Waals surface area contributed by atoms with Gasteiger partial charge in [-0.25, -0.2) is 0 Å². The molecule has 124 valence electrons. The number of fused-ring (bicyclic) bond motifs is 2. The first-order valence-electron chi connectivity index (χ1n) is 8.64. The monoisotopic (exact) mass is 377 g/mol. The Kier molecular flexibility index (Phi) is 5.20. The van der Waals surface area contributed by atoms with E-state index < -0.39 is 0 Å². The number of carbonyl (C=O) groups excluding carboxylic acids is 2. The van der Waals surface area contributed by atoms with Gasteiger partial charge < -0.3 is 9.69 Å². The molecule has 1 fully saturated rings. The molecular formula is C19H24BrNO2. The summed E-state index contributed by atoms with van der Waals surface area (Å²) in [6, 6.07) is 8.27. The Bertz CT molecular complexity index is 580. The normalized spacial score (nSPS) is 22.7. The molecule has 23 heavy (non-hydrogen) atoms. The van der Waals surface area contributed by atoms with E-state index >= 15 is 0 Å². The fraction of sp³-hybridized carbons (Fsp3) is 0.579. The maximum atomic E-state index is 12.9. The summed E-state index contributed by atoms with van der Waals surface area (Å²) in [5, 5.41) is 0.841. The average Bonchev–Trinajstić information content (AvgIpc) is 2.61. The van der Waals surface area contributed by atoms with Crippen LogP contribution < -0.4 is 0 Å². The van der Waals surface area contributed by atoms with Gasteiger partial charge in [-0.1, -0.05) is 59.5 Å². The van der Waals surface area contributed by atoms with Gasteiger partial charge in [-0.3, -0.25) is 4.79 Å². The molecule has 0 saturated heterocycles. The fourth-order valence-corrected chi connectivity index (χ4v) is 4.63. The number of hydrogen-bond acceptors (Lipinski definition) is 2. The summed E-state index contributed by atoms with van der Waals surface area (Å²) in [6.07, 6.45) is 8.01. The number of aldehydes is 1. The molecule has 1 saturated carbocycles.